The second-order valence-electron chi connectivity index (χ2n) is 5.24. The summed E-state index contributed by atoms with van der Waals surface area (Å²) in [6, 6.07) is 11.9. The summed E-state index contributed by atoms with van der Waals surface area (Å²) in [6.45, 7) is 3.30. The second-order valence-corrected chi connectivity index (χ2v) is 5.24. The van der Waals surface area contributed by atoms with E-state index in [9.17, 15) is 4.79 Å². The van der Waals surface area contributed by atoms with E-state index in [2.05, 4.69) is 6.07 Å². The quantitative estimate of drug-likeness (QED) is 0.819. The summed E-state index contributed by atoms with van der Waals surface area (Å²) in [5.74, 6) is 0. The molecule has 0 bridgehead atoms. The van der Waals surface area contributed by atoms with Crippen LogP contribution in [0.2, 0.25) is 0 Å². The Labute approximate surface area is 113 Å². The summed E-state index contributed by atoms with van der Waals surface area (Å²) in [5.41, 5.74) is 0.528. The van der Waals surface area contributed by atoms with Gasteiger partial charge in [-0.15, -0.1) is 0 Å². The maximum absolute atomic E-state index is 12.0. The van der Waals surface area contributed by atoms with E-state index in [0.29, 0.717) is 13.1 Å². The van der Waals surface area contributed by atoms with Crippen molar-refractivity contribution in [3.63, 3.8) is 0 Å². The molecule has 0 saturated carbocycles. The molecule has 1 aromatic carbocycles. The lowest BCUT2D eigenvalue weighted by Gasteiger charge is -2.35. The topological polar surface area (TPSA) is 53.3 Å². The van der Waals surface area contributed by atoms with Gasteiger partial charge in [-0.2, -0.15) is 5.26 Å². The van der Waals surface area contributed by atoms with Crippen LogP contribution >= 0.6 is 0 Å². The molecular formula is C15H18N2O2. The highest BCUT2D eigenvalue weighted by Gasteiger charge is 2.33. The van der Waals surface area contributed by atoms with Crippen LogP contribution in [0.15, 0.2) is 30.3 Å². The molecule has 0 aliphatic carbocycles. The molecule has 0 N–H and O–H groups in total. The average molecular weight is 258 g/mol. The molecule has 1 amide bonds. The number of piperidine rings is 1. The maximum Gasteiger partial charge on any atom is 0.410 e. The second kappa shape index (κ2) is 5.75. The lowest BCUT2D eigenvalue weighted by molar-refractivity contribution is 0.0709. The number of benzene rings is 1. The van der Waals surface area contributed by atoms with Crippen molar-refractivity contribution in [3.8, 4) is 6.07 Å². The third kappa shape index (κ3) is 3.47. The first-order chi connectivity index (χ1) is 9.13. The number of carbonyl (C=O) groups excluding carboxylic acids is 1. The number of carbonyl (C=O) groups is 1. The Morgan fingerprint density at radius 1 is 1.47 bits per heavy atom. The lowest BCUT2D eigenvalue weighted by atomic mass is 9.84. The number of rotatable bonds is 2. The number of hydrogen-bond acceptors (Lipinski definition) is 3. The monoisotopic (exact) mass is 258 g/mol. The summed E-state index contributed by atoms with van der Waals surface area (Å²) < 4.78 is 5.28. The van der Waals surface area contributed by atoms with E-state index in [1.54, 1.807) is 4.90 Å². The first-order valence-corrected chi connectivity index (χ1v) is 6.50. The molecule has 100 valence electrons. The Kier molecular flexibility index (Phi) is 4.06. The highest BCUT2D eigenvalue weighted by molar-refractivity contribution is 5.68. The lowest BCUT2D eigenvalue weighted by Crippen LogP contribution is -2.44. The van der Waals surface area contributed by atoms with Crippen molar-refractivity contribution in [1.82, 2.24) is 4.90 Å². The Balaban J connectivity index is 1.88. The van der Waals surface area contributed by atoms with Gasteiger partial charge in [-0.3, -0.25) is 0 Å². The summed E-state index contributed by atoms with van der Waals surface area (Å²) in [5, 5.41) is 9.13. The zero-order chi connectivity index (χ0) is 13.7. The molecule has 1 aromatic rings. The average Bonchev–Trinajstić information content (AvgIpc) is 2.46. The molecule has 1 heterocycles. The molecule has 1 aliphatic heterocycles. The van der Waals surface area contributed by atoms with Crippen LogP contribution in [0.4, 0.5) is 4.79 Å². The number of hydrogen-bond donors (Lipinski definition) is 0. The number of likely N-dealkylation sites (tertiary alicyclic amines) is 1. The molecule has 0 radical (unpaired) electrons. The van der Waals surface area contributed by atoms with Crippen molar-refractivity contribution < 1.29 is 9.53 Å². The molecule has 0 aromatic heterocycles. The van der Waals surface area contributed by atoms with Gasteiger partial charge in [-0.05, 0) is 25.3 Å². The molecule has 1 atom stereocenters. The fourth-order valence-electron chi connectivity index (χ4n) is 2.30. The minimum Gasteiger partial charge on any atom is -0.445 e. The van der Waals surface area contributed by atoms with Crippen molar-refractivity contribution in [2.75, 3.05) is 13.1 Å². The number of nitriles is 1. The van der Waals surface area contributed by atoms with Crippen LogP contribution in [0.25, 0.3) is 0 Å². The standard InChI is InChI=1S/C15H18N2O2/c1-15(11-16)8-5-9-17(12-15)14(18)19-10-13-6-3-2-4-7-13/h2-4,6-7H,5,8-10,12H2,1H3. The molecule has 19 heavy (non-hydrogen) atoms. The minimum atomic E-state index is -0.440. The number of nitrogens with zero attached hydrogens (tertiary/aromatic N) is 2. The van der Waals surface area contributed by atoms with Crippen LogP contribution in [0.5, 0.6) is 0 Å². The van der Waals surface area contributed by atoms with Gasteiger partial charge in [-0.1, -0.05) is 30.3 Å². The van der Waals surface area contributed by atoms with Crippen LogP contribution in [0.1, 0.15) is 25.3 Å². The molecule has 1 saturated heterocycles. The summed E-state index contributed by atoms with van der Waals surface area (Å²) >= 11 is 0. The SMILES string of the molecule is CC1(C#N)CCCN(C(=O)OCc2ccccc2)C1. The molecule has 4 heteroatoms. The maximum atomic E-state index is 12.0. The van der Waals surface area contributed by atoms with E-state index in [4.69, 9.17) is 10.00 Å². The van der Waals surface area contributed by atoms with E-state index in [1.165, 1.54) is 0 Å². The van der Waals surface area contributed by atoms with E-state index in [1.807, 2.05) is 37.3 Å². The van der Waals surface area contributed by atoms with Gasteiger partial charge in [0.1, 0.15) is 6.61 Å². The van der Waals surface area contributed by atoms with E-state index < -0.39 is 5.41 Å². The first kappa shape index (κ1) is 13.4. The molecule has 0 spiro atoms. The molecule has 1 aliphatic rings. The van der Waals surface area contributed by atoms with Crippen molar-refractivity contribution in [1.29, 1.82) is 5.26 Å². The Bertz CT molecular complexity index is 481. The van der Waals surface area contributed by atoms with Crippen LogP contribution in [-0.4, -0.2) is 24.1 Å². The van der Waals surface area contributed by atoms with Gasteiger partial charge in [0.15, 0.2) is 0 Å². The fourth-order valence-corrected chi connectivity index (χ4v) is 2.30. The van der Waals surface area contributed by atoms with Gasteiger partial charge < -0.3 is 9.64 Å². The molecule has 1 unspecified atom stereocenters. The number of ether oxygens (including phenoxy) is 1. The molecule has 1 fully saturated rings. The van der Waals surface area contributed by atoms with Gasteiger partial charge in [0.2, 0.25) is 0 Å². The zero-order valence-electron chi connectivity index (χ0n) is 11.1. The number of amides is 1. The highest BCUT2D eigenvalue weighted by atomic mass is 16.6. The summed E-state index contributed by atoms with van der Waals surface area (Å²) in [6.07, 6.45) is 1.36. The Hall–Kier alpha value is -2.02. The Morgan fingerprint density at radius 3 is 2.89 bits per heavy atom. The van der Waals surface area contributed by atoms with Crippen LogP contribution in [-0.2, 0) is 11.3 Å². The minimum absolute atomic E-state index is 0.277. The first-order valence-electron chi connectivity index (χ1n) is 6.50. The third-order valence-electron chi connectivity index (χ3n) is 3.43. The van der Waals surface area contributed by atoms with Crippen molar-refractivity contribution in [2.45, 2.75) is 26.4 Å². The predicted octanol–water partition coefficient (Wildman–Crippen LogP) is 2.95. The molecule has 4 nitrogen and oxygen atoms in total. The van der Waals surface area contributed by atoms with Gasteiger partial charge >= 0.3 is 6.09 Å². The van der Waals surface area contributed by atoms with Gasteiger partial charge in [-0.25, -0.2) is 4.79 Å². The van der Waals surface area contributed by atoms with Crippen molar-refractivity contribution in [3.05, 3.63) is 35.9 Å². The fraction of sp³-hybridized carbons (Fsp3) is 0.467. The van der Waals surface area contributed by atoms with Crippen molar-refractivity contribution >= 4 is 6.09 Å². The summed E-state index contributed by atoms with van der Waals surface area (Å²) in [7, 11) is 0. The largest absolute Gasteiger partial charge is 0.445 e. The van der Waals surface area contributed by atoms with Crippen LogP contribution in [0.3, 0.4) is 0 Å². The van der Waals surface area contributed by atoms with Crippen LogP contribution < -0.4 is 0 Å². The smallest absolute Gasteiger partial charge is 0.410 e. The Morgan fingerprint density at radius 2 is 2.21 bits per heavy atom. The molecular weight excluding hydrogens is 240 g/mol. The van der Waals surface area contributed by atoms with Gasteiger partial charge in [0.25, 0.3) is 0 Å². The van der Waals surface area contributed by atoms with E-state index >= 15 is 0 Å². The third-order valence-corrected chi connectivity index (χ3v) is 3.43. The highest BCUT2D eigenvalue weighted by Crippen LogP contribution is 2.28. The van der Waals surface area contributed by atoms with E-state index in [0.717, 1.165) is 18.4 Å². The van der Waals surface area contributed by atoms with E-state index in [-0.39, 0.29) is 12.7 Å². The van der Waals surface area contributed by atoms with Crippen molar-refractivity contribution in [2.24, 2.45) is 5.41 Å². The molecule has 2 rings (SSSR count). The van der Waals surface area contributed by atoms with Crippen LogP contribution in [0, 0.1) is 16.7 Å². The predicted molar refractivity (Wildman–Crippen MR) is 71.2 cm³/mol. The normalized spacial score (nSPS) is 22.6. The summed E-state index contributed by atoms with van der Waals surface area (Å²) in [4.78, 5) is 13.6. The zero-order valence-corrected chi connectivity index (χ0v) is 11.1. The van der Waals surface area contributed by atoms with Gasteiger partial charge in [0.05, 0.1) is 11.5 Å². The van der Waals surface area contributed by atoms with Gasteiger partial charge in [0, 0.05) is 13.1 Å².